The number of hydrogen-bond acceptors (Lipinski definition) is 4. The maximum atomic E-state index is 11.8. The summed E-state index contributed by atoms with van der Waals surface area (Å²) in [5, 5.41) is 0.518. The van der Waals surface area contributed by atoms with Gasteiger partial charge in [-0.25, -0.2) is 4.98 Å². The molecule has 0 aliphatic rings. The second-order valence-electron chi connectivity index (χ2n) is 4.50. The summed E-state index contributed by atoms with van der Waals surface area (Å²) in [4.78, 5) is 15.6. The summed E-state index contributed by atoms with van der Waals surface area (Å²) in [5.74, 6) is -0.379. The number of benzene rings is 1. The zero-order valence-corrected chi connectivity index (χ0v) is 12.6. The van der Waals surface area contributed by atoms with Gasteiger partial charge in [-0.15, -0.1) is 0 Å². The van der Waals surface area contributed by atoms with Crippen LogP contribution >= 0.6 is 23.2 Å². The lowest BCUT2D eigenvalue weighted by Gasteiger charge is -2.11. The van der Waals surface area contributed by atoms with E-state index in [9.17, 15) is 4.79 Å². The van der Waals surface area contributed by atoms with Crippen molar-refractivity contribution in [3.8, 4) is 0 Å². The number of pyridine rings is 1. The largest absolute Gasteiger partial charge is 0.461 e. The number of carbonyl (C=O) groups excluding carboxylic acids is 1. The van der Waals surface area contributed by atoms with Crippen LogP contribution in [-0.2, 0) is 16.1 Å². The van der Waals surface area contributed by atoms with Gasteiger partial charge < -0.3 is 10.5 Å². The molecule has 0 fully saturated rings. The maximum Gasteiger partial charge on any atom is 0.308 e. The highest BCUT2D eigenvalue weighted by Crippen LogP contribution is 2.17. The van der Waals surface area contributed by atoms with Crippen molar-refractivity contribution in [3.63, 3.8) is 0 Å². The normalized spacial score (nSPS) is 12.0. The first-order chi connectivity index (χ1) is 10.0. The van der Waals surface area contributed by atoms with Gasteiger partial charge in [0.15, 0.2) is 0 Å². The fraction of sp³-hybridized carbons (Fsp3) is 0.200. The molecule has 4 nitrogen and oxygen atoms in total. The Morgan fingerprint density at radius 1 is 1.19 bits per heavy atom. The predicted molar refractivity (Wildman–Crippen MR) is 82.0 cm³/mol. The molecule has 0 radical (unpaired) electrons. The van der Waals surface area contributed by atoms with E-state index in [1.165, 1.54) is 0 Å². The highest BCUT2D eigenvalue weighted by atomic mass is 35.5. The zero-order chi connectivity index (χ0) is 15.2. The van der Waals surface area contributed by atoms with E-state index in [1.807, 2.05) is 30.3 Å². The van der Waals surface area contributed by atoms with Crippen molar-refractivity contribution >= 4 is 29.2 Å². The molecule has 1 aromatic heterocycles. The van der Waals surface area contributed by atoms with Crippen LogP contribution in [0.5, 0.6) is 0 Å². The highest BCUT2D eigenvalue weighted by Gasteiger charge is 2.13. The van der Waals surface area contributed by atoms with Gasteiger partial charge in [-0.3, -0.25) is 4.79 Å². The van der Waals surface area contributed by atoms with E-state index in [1.54, 1.807) is 12.1 Å². The van der Waals surface area contributed by atoms with Gasteiger partial charge in [0.05, 0.1) is 6.42 Å². The molecule has 0 saturated heterocycles. The summed E-state index contributed by atoms with van der Waals surface area (Å²) in [6.07, 6.45) is 0.108. The van der Waals surface area contributed by atoms with Crippen LogP contribution < -0.4 is 5.73 Å². The minimum Gasteiger partial charge on any atom is -0.461 e. The van der Waals surface area contributed by atoms with Crippen molar-refractivity contribution in [1.29, 1.82) is 0 Å². The number of carbonyl (C=O) groups is 1. The molecular formula is C15H14Cl2N2O2. The van der Waals surface area contributed by atoms with E-state index < -0.39 is 0 Å². The standard InChI is InChI=1S/C15H14Cl2N2O2/c16-13-6-10(7-14(17)19-13)9-21-15(20)8-12(18)11-4-2-1-3-5-11/h1-7,12H,8-9,18H2/t12-/m1/s1. The third kappa shape index (κ3) is 5.01. The number of ether oxygens (including phenoxy) is 1. The third-order valence-corrected chi connectivity index (χ3v) is 3.22. The van der Waals surface area contributed by atoms with E-state index >= 15 is 0 Å². The molecule has 0 saturated carbocycles. The van der Waals surface area contributed by atoms with Crippen LogP contribution in [0.3, 0.4) is 0 Å². The first-order valence-electron chi connectivity index (χ1n) is 6.32. The Bertz CT molecular complexity index is 600. The van der Waals surface area contributed by atoms with E-state index in [4.69, 9.17) is 33.7 Å². The molecule has 0 unspecified atom stereocenters. The summed E-state index contributed by atoms with van der Waals surface area (Å²) in [6, 6.07) is 12.2. The second-order valence-corrected chi connectivity index (χ2v) is 5.28. The molecule has 1 heterocycles. The van der Waals surface area contributed by atoms with Crippen molar-refractivity contribution in [3.05, 3.63) is 63.9 Å². The second kappa shape index (κ2) is 7.41. The molecule has 0 aliphatic heterocycles. The summed E-state index contributed by atoms with van der Waals surface area (Å²) in [6.45, 7) is 0.0856. The molecule has 0 spiro atoms. The topological polar surface area (TPSA) is 65.2 Å². The van der Waals surface area contributed by atoms with E-state index in [-0.39, 0.29) is 35.3 Å². The van der Waals surface area contributed by atoms with Crippen LogP contribution in [0.2, 0.25) is 10.3 Å². The summed E-state index contributed by atoms with van der Waals surface area (Å²) in [7, 11) is 0. The van der Waals surface area contributed by atoms with Gasteiger partial charge in [0, 0.05) is 6.04 Å². The monoisotopic (exact) mass is 324 g/mol. The number of nitrogens with zero attached hydrogens (tertiary/aromatic N) is 1. The molecule has 2 rings (SSSR count). The quantitative estimate of drug-likeness (QED) is 0.675. The molecule has 1 aromatic carbocycles. The van der Waals surface area contributed by atoms with Crippen molar-refractivity contribution in [2.24, 2.45) is 5.73 Å². The van der Waals surface area contributed by atoms with Gasteiger partial charge >= 0.3 is 5.97 Å². The van der Waals surface area contributed by atoms with Gasteiger partial charge in [-0.05, 0) is 23.3 Å². The molecule has 1 atom stereocenters. The average Bonchev–Trinajstić information content (AvgIpc) is 2.45. The molecule has 6 heteroatoms. The van der Waals surface area contributed by atoms with Crippen LogP contribution in [-0.4, -0.2) is 11.0 Å². The van der Waals surface area contributed by atoms with Crippen LogP contribution in [0, 0.1) is 0 Å². The van der Waals surface area contributed by atoms with Gasteiger partial charge in [0.25, 0.3) is 0 Å². The lowest BCUT2D eigenvalue weighted by Crippen LogP contribution is -2.17. The molecule has 0 aliphatic carbocycles. The predicted octanol–water partition coefficient (Wildman–Crippen LogP) is 3.52. The number of hydrogen-bond donors (Lipinski definition) is 1. The van der Waals surface area contributed by atoms with Crippen molar-refractivity contribution in [2.45, 2.75) is 19.1 Å². The Morgan fingerprint density at radius 3 is 2.43 bits per heavy atom. The first-order valence-corrected chi connectivity index (χ1v) is 7.08. The fourth-order valence-electron chi connectivity index (χ4n) is 1.82. The van der Waals surface area contributed by atoms with Crippen LogP contribution in [0.1, 0.15) is 23.6 Å². The van der Waals surface area contributed by atoms with E-state index in [2.05, 4.69) is 4.98 Å². The number of nitrogens with two attached hydrogens (primary N) is 1. The minimum atomic E-state index is -0.386. The molecule has 0 amide bonds. The Hall–Kier alpha value is -1.62. The average molecular weight is 325 g/mol. The van der Waals surface area contributed by atoms with Crippen LogP contribution in [0.4, 0.5) is 0 Å². The molecule has 2 aromatic rings. The molecule has 0 bridgehead atoms. The Morgan fingerprint density at radius 2 is 1.81 bits per heavy atom. The van der Waals surface area contributed by atoms with Gasteiger partial charge in [0.2, 0.25) is 0 Å². The van der Waals surface area contributed by atoms with Gasteiger partial charge in [-0.2, -0.15) is 0 Å². The Labute approximate surface area is 132 Å². The molecule has 21 heavy (non-hydrogen) atoms. The lowest BCUT2D eigenvalue weighted by molar-refractivity contribution is -0.145. The van der Waals surface area contributed by atoms with Gasteiger partial charge in [-0.1, -0.05) is 53.5 Å². The maximum absolute atomic E-state index is 11.8. The van der Waals surface area contributed by atoms with Crippen molar-refractivity contribution in [2.75, 3.05) is 0 Å². The fourth-order valence-corrected chi connectivity index (χ4v) is 2.32. The number of esters is 1. The zero-order valence-electron chi connectivity index (χ0n) is 11.1. The lowest BCUT2D eigenvalue weighted by atomic mass is 10.1. The molecule has 110 valence electrons. The van der Waals surface area contributed by atoms with Crippen molar-refractivity contribution < 1.29 is 9.53 Å². The number of halogens is 2. The third-order valence-electron chi connectivity index (χ3n) is 2.84. The summed E-state index contributed by atoms with van der Waals surface area (Å²) < 4.78 is 5.17. The Kier molecular flexibility index (Phi) is 5.56. The van der Waals surface area contributed by atoms with Crippen LogP contribution in [0.25, 0.3) is 0 Å². The summed E-state index contributed by atoms with van der Waals surface area (Å²) >= 11 is 11.5. The van der Waals surface area contributed by atoms with E-state index in [0.717, 1.165) is 5.56 Å². The smallest absolute Gasteiger partial charge is 0.308 e. The molecular weight excluding hydrogens is 311 g/mol. The first kappa shape index (κ1) is 15.8. The minimum absolute atomic E-state index is 0.0856. The Balaban J connectivity index is 1.87. The molecule has 2 N–H and O–H groups in total. The van der Waals surface area contributed by atoms with Crippen LogP contribution in [0.15, 0.2) is 42.5 Å². The summed E-state index contributed by atoms with van der Waals surface area (Å²) in [5.41, 5.74) is 7.54. The number of rotatable bonds is 5. The SMILES string of the molecule is N[C@H](CC(=O)OCc1cc(Cl)nc(Cl)c1)c1ccccc1. The highest BCUT2D eigenvalue weighted by molar-refractivity contribution is 6.32. The van der Waals surface area contributed by atoms with E-state index in [0.29, 0.717) is 5.56 Å². The number of aromatic nitrogens is 1. The van der Waals surface area contributed by atoms with Crippen molar-refractivity contribution in [1.82, 2.24) is 4.98 Å². The van der Waals surface area contributed by atoms with Gasteiger partial charge in [0.1, 0.15) is 16.9 Å².